The van der Waals surface area contributed by atoms with Crippen LogP contribution in [0.15, 0.2) is 24.3 Å². The molecule has 0 aromatic heterocycles. The highest BCUT2D eigenvalue weighted by Gasteiger charge is 2.05. The molecule has 0 spiro atoms. The monoisotopic (exact) mass is 169 g/mol. The predicted molar refractivity (Wildman–Crippen MR) is 45.9 cm³/mol. The van der Waals surface area contributed by atoms with Gasteiger partial charge in [-0.05, 0) is 17.7 Å². The van der Waals surface area contributed by atoms with E-state index in [0.29, 0.717) is 5.56 Å². The van der Waals surface area contributed by atoms with Gasteiger partial charge in [0.2, 0.25) is 0 Å². The molecule has 2 nitrogen and oxygen atoms in total. The van der Waals surface area contributed by atoms with Crippen molar-refractivity contribution in [2.75, 3.05) is 13.7 Å². The van der Waals surface area contributed by atoms with Crippen LogP contribution < -0.4 is 10.5 Å². The number of methoxy groups -OCH3 is 1. The molecule has 0 fully saturated rings. The summed E-state index contributed by atoms with van der Waals surface area (Å²) in [7, 11) is 1.57. The zero-order valence-electron chi connectivity index (χ0n) is 6.96. The summed E-state index contributed by atoms with van der Waals surface area (Å²) in [6, 6.07) is 6.79. The molecule has 2 N–H and O–H groups in total. The van der Waals surface area contributed by atoms with E-state index in [4.69, 9.17) is 10.5 Å². The third-order valence-corrected chi connectivity index (χ3v) is 1.68. The Balaban J connectivity index is 2.77. The summed E-state index contributed by atoms with van der Waals surface area (Å²) in [5.41, 5.74) is 5.76. The van der Waals surface area contributed by atoms with E-state index in [-0.39, 0.29) is 6.54 Å². The highest BCUT2D eigenvalue weighted by atomic mass is 19.1. The van der Waals surface area contributed by atoms with Crippen molar-refractivity contribution in [1.82, 2.24) is 0 Å². The van der Waals surface area contributed by atoms with Gasteiger partial charge in [0.25, 0.3) is 0 Å². The van der Waals surface area contributed by atoms with Crippen LogP contribution in [0.3, 0.4) is 0 Å². The smallest absolute Gasteiger partial charge is 0.137 e. The van der Waals surface area contributed by atoms with E-state index in [1.54, 1.807) is 31.4 Å². The molecule has 1 rings (SSSR count). The average molecular weight is 169 g/mol. The molecule has 66 valence electrons. The molecule has 0 bridgehead atoms. The SMILES string of the molecule is COc1ccc([C@H](F)CN)cc1. The molecule has 1 aromatic rings. The van der Waals surface area contributed by atoms with Crippen LogP contribution in [0, 0.1) is 0 Å². The molecule has 0 aliphatic carbocycles. The lowest BCUT2D eigenvalue weighted by Gasteiger charge is -2.05. The van der Waals surface area contributed by atoms with Crippen molar-refractivity contribution in [3.63, 3.8) is 0 Å². The predicted octanol–water partition coefficient (Wildman–Crippen LogP) is 1.66. The number of hydrogen-bond acceptors (Lipinski definition) is 2. The molecule has 0 amide bonds. The highest BCUT2D eigenvalue weighted by molar-refractivity contribution is 5.28. The molecule has 1 aromatic carbocycles. The topological polar surface area (TPSA) is 35.2 Å². The van der Waals surface area contributed by atoms with Crippen molar-refractivity contribution in [2.45, 2.75) is 6.17 Å². The van der Waals surface area contributed by atoms with E-state index in [1.165, 1.54) is 0 Å². The van der Waals surface area contributed by atoms with Gasteiger partial charge in [0.15, 0.2) is 0 Å². The van der Waals surface area contributed by atoms with Gasteiger partial charge in [-0.1, -0.05) is 12.1 Å². The first-order chi connectivity index (χ1) is 5.77. The van der Waals surface area contributed by atoms with E-state index in [2.05, 4.69) is 0 Å². The standard InChI is InChI=1S/C9H12FNO/c1-12-8-4-2-7(3-5-8)9(10)6-11/h2-5,9H,6,11H2,1H3/t9-/m1/s1. The molecular weight excluding hydrogens is 157 g/mol. The minimum atomic E-state index is -1.07. The van der Waals surface area contributed by atoms with E-state index in [0.717, 1.165) is 5.75 Å². The summed E-state index contributed by atoms with van der Waals surface area (Å²) < 4.78 is 17.9. The Morgan fingerprint density at radius 3 is 2.42 bits per heavy atom. The third-order valence-electron chi connectivity index (χ3n) is 1.68. The van der Waals surface area contributed by atoms with Gasteiger partial charge in [-0.25, -0.2) is 4.39 Å². The Morgan fingerprint density at radius 2 is 2.00 bits per heavy atom. The molecule has 0 radical (unpaired) electrons. The van der Waals surface area contributed by atoms with E-state index in [1.807, 2.05) is 0 Å². The summed E-state index contributed by atoms with van der Waals surface area (Å²) in [6.45, 7) is 0.0202. The van der Waals surface area contributed by atoms with Crippen LogP contribution in [-0.2, 0) is 0 Å². The minimum absolute atomic E-state index is 0.0202. The second kappa shape index (κ2) is 4.07. The lowest BCUT2D eigenvalue weighted by molar-refractivity contribution is 0.352. The molecule has 0 aliphatic rings. The first kappa shape index (κ1) is 9.00. The zero-order chi connectivity index (χ0) is 8.97. The van der Waals surface area contributed by atoms with Crippen LogP contribution in [0.25, 0.3) is 0 Å². The number of halogens is 1. The van der Waals surface area contributed by atoms with Gasteiger partial charge in [-0.15, -0.1) is 0 Å². The Bertz CT molecular complexity index is 235. The number of nitrogens with two attached hydrogens (primary N) is 1. The summed E-state index contributed by atoms with van der Waals surface area (Å²) in [5, 5.41) is 0. The quantitative estimate of drug-likeness (QED) is 0.746. The maximum Gasteiger partial charge on any atom is 0.137 e. The van der Waals surface area contributed by atoms with Crippen molar-refractivity contribution in [1.29, 1.82) is 0 Å². The van der Waals surface area contributed by atoms with Crippen molar-refractivity contribution in [3.05, 3.63) is 29.8 Å². The molecule has 0 saturated heterocycles. The second-order valence-corrected chi connectivity index (χ2v) is 2.48. The normalized spacial score (nSPS) is 12.6. The van der Waals surface area contributed by atoms with Gasteiger partial charge >= 0.3 is 0 Å². The van der Waals surface area contributed by atoms with Crippen molar-refractivity contribution < 1.29 is 9.13 Å². The number of ether oxygens (including phenoxy) is 1. The van der Waals surface area contributed by atoms with Gasteiger partial charge in [-0.3, -0.25) is 0 Å². The summed E-state index contributed by atoms with van der Waals surface area (Å²) in [6.07, 6.45) is -1.07. The fourth-order valence-corrected chi connectivity index (χ4v) is 0.949. The van der Waals surface area contributed by atoms with Crippen LogP contribution >= 0.6 is 0 Å². The molecule has 0 saturated carbocycles. The summed E-state index contributed by atoms with van der Waals surface area (Å²) in [5.74, 6) is 0.725. The first-order valence-electron chi connectivity index (χ1n) is 3.76. The molecule has 0 heterocycles. The van der Waals surface area contributed by atoms with Crippen LogP contribution in [0.2, 0.25) is 0 Å². The molecule has 1 atom stereocenters. The number of benzene rings is 1. The molecule has 0 aliphatic heterocycles. The largest absolute Gasteiger partial charge is 0.497 e. The van der Waals surface area contributed by atoms with Crippen molar-refractivity contribution >= 4 is 0 Å². The Kier molecular flexibility index (Phi) is 3.05. The van der Waals surface area contributed by atoms with Crippen LogP contribution in [0.4, 0.5) is 4.39 Å². The van der Waals surface area contributed by atoms with Crippen molar-refractivity contribution in [2.24, 2.45) is 5.73 Å². The molecule has 12 heavy (non-hydrogen) atoms. The number of alkyl halides is 1. The van der Waals surface area contributed by atoms with Crippen LogP contribution in [0.1, 0.15) is 11.7 Å². The highest BCUT2D eigenvalue weighted by Crippen LogP contribution is 2.19. The molecular formula is C9H12FNO. The Hall–Kier alpha value is -1.09. The van der Waals surface area contributed by atoms with E-state index in [9.17, 15) is 4.39 Å². The Labute approximate surface area is 71.1 Å². The average Bonchev–Trinajstić information content (AvgIpc) is 2.17. The fraction of sp³-hybridized carbons (Fsp3) is 0.333. The number of hydrogen-bond donors (Lipinski definition) is 1. The minimum Gasteiger partial charge on any atom is -0.497 e. The lowest BCUT2D eigenvalue weighted by atomic mass is 10.1. The third kappa shape index (κ3) is 1.95. The molecule has 3 heteroatoms. The van der Waals surface area contributed by atoms with Gasteiger partial charge in [0, 0.05) is 6.54 Å². The van der Waals surface area contributed by atoms with Crippen molar-refractivity contribution in [3.8, 4) is 5.75 Å². The van der Waals surface area contributed by atoms with Gasteiger partial charge in [-0.2, -0.15) is 0 Å². The summed E-state index contributed by atoms with van der Waals surface area (Å²) in [4.78, 5) is 0. The first-order valence-corrected chi connectivity index (χ1v) is 3.76. The van der Waals surface area contributed by atoms with E-state index < -0.39 is 6.17 Å². The maximum absolute atomic E-state index is 12.9. The maximum atomic E-state index is 12.9. The zero-order valence-corrected chi connectivity index (χ0v) is 6.96. The molecule has 0 unspecified atom stereocenters. The lowest BCUT2D eigenvalue weighted by Crippen LogP contribution is -2.07. The fourth-order valence-electron chi connectivity index (χ4n) is 0.949. The van der Waals surface area contributed by atoms with Gasteiger partial charge in [0.05, 0.1) is 7.11 Å². The van der Waals surface area contributed by atoms with Crippen LogP contribution in [0.5, 0.6) is 5.75 Å². The Morgan fingerprint density at radius 1 is 1.42 bits per heavy atom. The second-order valence-electron chi connectivity index (χ2n) is 2.48. The van der Waals surface area contributed by atoms with E-state index >= 15 is 0 Å². The van der Waals surface area contributed by atoms with Gasteiger partial charge in [0.1, 0.15) is 11.9 Å². The number of rotatable bonds is 3. The summed E-state index contributed by atoms with van der Waals surface area (Å²) >= 11 is 0. The van der Waals surface area contributed by atoms with Crippen LogP contribution in [-0.4, -0.2) is 13.7 Å². The van der Waals surface area contributed by atoms with Gasteiger partial charge < -0.3 is 10.5 Å².